The molecule has 122 valence electrons. The first kappa shape index (κ1) is 16.7. The number of aromatic nitrogens is 3. The molecule has 0 saturated carbocycles. The van der Waals surface area contributed by atoms with Crippen molar-refractivity contribution in [1.29, 1.82) is 0 Å². The van der Waals surface area contributed by atoms with Crippen molar-refractivity contribution in [2.75, 3.05) is 0 Å². The number of amides is 1. The van der Waals surface area contributed by atoms with Gasteiger partial charge in [0, 0.05) is 12.1 Å². The van der Waals surface area contributed by atoms with Crippen LogP contribution >= 0.6 is 0 Å². The average Bonchev–Trinajstić information content (AvgIpc) is 3.00. The van der Waals surface area contributed by atoms with Crippen LogP contribution in [-0.4, -0.2) is 32.6 Å². The number of carbonyl (C=O) groups excluding carboxylic acids is 2. The van der Waals surface area contributed by atoms with Crippen molar-refractivity contribution < 1.29 is 14.3 Å². The molecule has 7 heteroatoms. The van der Waals surface area contributed by atoms with Gasteiger partial charge in [-0.2, -0.15) is 0 Å². The Morgan fingerprint density at radius 3 is 2.61 bits per heavy atom. The summed E-state index contributed by atoms with van der Waals surface area (Å²) in [5.74, 6) is 0.974. The first-order valence-corrected chi connectivity index (χ1v) is 7.43. The number of benzene rings is 1. The van der Waals surface area contributed by atoms with Crippen LogP contribution in [0.4, 0.5) is 0 Å². The third-order valence-corrected chi connectivity index (χ3v) is 3.40. The lowest BCUT2D eigenvalue weighted by atomic mass is 10.1. The predicted molar refractivity (Wildman–Crippen MR) is 84.1 cm³/mol. The van der Waals surface area contributed by atoms with Gasteiger partial charge in [-0.1, -0.05) is 0 Å². The molecule has 0 spiro atoms. The van der Waals surface area contributed by atoms with E-state index in [1.54, 1.807) is 37.5 Å². The number of aryl methyl sites for hydroxylation is 1. The topological polar surface area (TPSA) is 86.1 Å². The van der Waals surface area contributed by atoms with Crippen LogP contribution in [0.15, 0.2) is 30.6 Å². The highest BCUT2D eigenvalue weighted by Gasteiger charge is 2.15. The Bertz CT molecular complexity index is 679. The van der Waals surface area contributed by atoms with Crippen LogP contribution < -0.4 is 10.1 Å². The molecular weight excluding hydrogens is 296 g/mol. The molecule has 2 rings (SSSR count). The largest absolute Gasteiger partial charge is 0.481 e. The first-order valence-electron chi connectivity index (χ1n) is 7.43. The molecule has 1 heterocycles. The van der Waals surface area contributed by atoms with Crippen molar-refractivity contribution in [3.63, 3.8) is 0 Å². The highest BCUT2D eigenvalue weighted by molar-refractivity contribution is 5.94. The molecule has 0 aliphatic carbocycles. The molecular formula is C16H20N4O3. The molecule has 0 unspecified atom stereocenters. The van der Waals surface area contributed by atoms with E-state index in [0.717, 1.165) is 6.54 Å². The summed E-state index contributed by atoms with van der Waals surface area (Å²) < 4.78 is 7.42. The lowest BCUT2D eigenvalue weighted by molar-refractivity contribution is -0.127. The van der Waals surface area contributed by atoms with E-state index in [2.05, 4.69) is 15.5 Å². The van der Waals surface area contributed by atoms with Crippen molar-refractivity contribution >= 4 is 11.7 Å². The normalized spacial score (nSPS) is 11.8. The van der Waals surface area contributed by atoms with Gasteiger partial charge in [0.1, 0.15) is 12.1 Å². The summed E-state index contributed by atoms with van der Waals surface area (Å²) in [6.45, 7) is 6.18. The number of nitrogens with one attached hydrogen (secondary N) is 1. The van der Waals surface area contributed by atoms with Crippen LogP contribution in [0.25, 0.3) is 0 Å². The van der Waals surface area contributed by atoms with Gasteiger partial charge in [-0.25, -0.2) is 0 Å². The standard InChI is InChI=1S/C16H20N4O3/c1-4-20-10-18-19-15(20)9-17-16(22)12(3)23-14-7-5-13(6-8-14)11(2)21/h5-8,10,12H,4,9H2,1-3H3,(H,17,22)/t12-/m1/s1. The summed E-state index contributed by atoms with van der Waals surface area (Å²) in [7, 11) is 0. The Labute approximate surface area is 134 Å². The maximum absolute atomic E-state index is 12.1. The van der Waals surface area contributed by atoms with Gasteiger partial charge in [0.05, 0.1) is 6.54 Å². The number of rotatable bonds is 7. The Hall–Kier alpha value is -2.70. The van der Waals surface area contributed by atoms with Crippen LogP contribution in [0, 0.1) is 0 Å². The van der Waals surface area contributed by atoms with Gasteiger partial charge in [0.15, 0.2) is 17.7 Å². The summed E-state index contributed by atoms with van der Waals surface area (Å²) in [6.07, 6.45) is 0.967. The SMILES string of the molecule is CCn1cnnc1CNC(=O)[C@@H](C)Oc1ccc(C(C)=O)cc1. The summed E-state index contributed by atoms with van der Waals surface area (Å²) in [5.41, 5.74) is 0.605. The van der Waals surface area contributed by atoms with E-state index >= 15 is 0 Å². The molecule has 0 bridgehead atoms. The first-order chi connectivity index (χ1) is 11.0. The fourth-order valence-corrected chi connectivity index (χ4v) is 2.02. The minimum absolute atomic E-state index is 0.0117. The summed E-state index contributed by atoms with van der Waals surface area (Å²) in [6, 6.07) is 6.69. The van der Waals surface area contributed by atoms with Crippen molar-refractivity contribution in [2.45, 2.75) is 40.0 Å². The van der Waals surface area contributed by atoms with Crippen LogP contribution in [0.3, 0.4) is 0 Å². The van der Waals surface area contributed by atoms with E-state index in [9.17, 15) is 9.59 Å². The van der Waals surface area contributed by atoms with Gasteiger partial charge < -0.3 is 14.6 Å². The third-order valence-electron chi connectivity index (χ3n) is 3.40. The fraction of sp³-hybridized carbons (Fsp3) is 0.375. The van der Waals surface area contributed by atoms with E-state index in [-0.39, 0.29) is 11.7 Å². The van der Waals surface area contributed by atoms with Gasteiger partial charge in [0.25, 0.3) is 5.91 Å². The maximum Gasteiger partial charge on any atom is 0.261 e. The lowest BCUT2D eigenvalue weighted by Gasteiger charge is -2.15. The molecule has 0 aliphatic rings. The number of hydrogen-bond donors (Lipinski definition) is 1. The summed E-state index contributed by atoms with van der Waals surface area (Å²) >= 11 is 0. The zero-order valence-electron chi connectivity index (χ0n) is 13.4. The molecule has 1 aromatic carbocycles. The van der Waals surface area contributed by atoms with Crippen molar-refractivity contribution in [3.8, 4) is 5.75 Å². The average molecular weight is 316 g/mol. The van der Waals surface area contributed by atoms with Gasteiger partial charge in [0.2, 0.25) is 0 Å². The molecule has 1 amide bonds. The number of Topliss-reactive ketones (excluding diaryl/α,β-unsaturated/α-hetero) is 1. The van der Waals surface area contributed by atoms with E-state index in [1.807, 2.05) is 11.5 Å². The van der Waals surface area contributed by atoms with Crippen LogP contribution in [-0.2, 0) is 17.9 Å². The number of ether oxygens (including phenoxy) is 1. The second-order valence-corrected chi connectivity index (χ2v) is 5.09. The van der Waals surface area contributed by atoms with Crippen molar-refractivity contribution in [3.05, 3.63) is 42.0 Å². The predicted octanol–water partition coefficient (Wildman–Crippen LogP) is 1.58. The van der Waals surface area contributed by atoms with E-state index < -0.39 is 6.10 Å². The molecule has 0 saturated heterocycles. The monoisotopic (exact) mass is 316 g/mol. The minimum Gasteiger partial charge on any atom is -0.481 e. The van der Waals surface area contributed by atoms with Gasteiger partial charge in [-0.05, 0) is 45.0 Å². The Kier molecular flexibility index (Phi) is 5.46. The van der Waals surface area contributed by atoms with Gasteiger partial charge in [-0.3, -0.25) is 9.59 Å². The molecule has 0 radical (unpaired) electrons. The quantitative estimate of drug-likeness (QED) is 0.784. The minimum atomic E-state index is -0.656. The highest BCUT2D eigenvalue weighted by atomic mass is 16.5. The van der Waals surface area contributed by atoms with Crippen molar-refractivity contribution in [1.82, 2.24) is 20.1 Å². The Morgan fingerprint density at radius 2 is 2.00 bits per heavy atom. The molecule has 1 aromatic heterocycles. The molecule has 1 atom stereocenters. The van der Waals surface area contributed by atoms with E-state index in [4.69, 9.17) is 4.74 Å². The molecule has 23 heavy (non-hydrogen) atoms. The van der Waals surface area contributed by atoms with Crippen LogP contribution in [0.1, 0.15) is 37.0 Å². The van der Waals surface area contributed by atoms with E-state index in [1.165, 1.54) is 6.92 Å². The highest BCUT2D eigenvalue weighted by Crippen LogP contribution is 2.14. The second kappa shape index (κ2) is 7.53. The molecule has 1 N–H and O–H groups in total. The lowest BCUT2D eigenvalue weighted by Crippen LogP contribution is -2.36. The smallest absolute Gasteiger partial charge is 0.261 e. The molecule has 2 aromatic rings. The summed E-state index contributed by atoms with van der Waals surface area (Å²) in [5, 5.41) is 10.5. The second-order valence-electron chi connectivity index (χ2n) is 5.09. The molecule has 0 aliphatic heterocycles. The number of nitrogens with zero attached hydrogens (tertiary/aromatic N) is 3. The number of ketones is 1. The van der Waals surface area contributed by atoms with Gasteiger partial charge >= 0.3 is 0 Å². The Balaban J connectivity index is 1.88. The zero-order valence-corrected chi connectivity index (χ0v) is 13.4. The molecule has 7 nitrogen and oxygen atoms in total. The Morgan fingerprint density at radius 1 is 1.30 bits per heavy atom. The summed E-state index contributed by atoms with van der Waals surface area (Å²) in [4.78, 5) is 23.3. The zero-order chi connectivity index (χ0) is 16.8. The fourth-order valence-electron chi connectivity index (χ4n) is 2.02. The maximum atomic E-state index is 12.1. The third kappa shape index (κ3) is 4.38. The van der Waals surface area contributed by atoms with E-state index in [0.29, 0.717) is 23.7 Å². The number of carbonyl (C=O) groups is 2. The van der Waals surface area contributed by atoms with Gasteiger partial charge in [-0.15, -0.1) is 10.2 Å². The van der Waals surface area contributed by atoms with Crippen LogP contribution in [0.5, 0.6) is 5.75 Å². The number of hydrogen-bond acceptors (Lipinski definition) is 5. The van der Waals surface area contributed by atoms with Crippen LogP contribution in [0.2, 0.25) is 0 Å². The van der Waals surface area contributed by atoms with Crippen molar-refractivity contribution in [2.24, 2.45) is 0 Å². The molecule has 0 fully saturated rings.